The van der Waals surface area contributed by atoms with Gasteiger partial charge in [0.1, 0.15) is 18.2 Å². The number of nitrogens with one attached hydrogen (secondary N) is 1. The van der Waals surface area contributed by atoms with Crippen molar-refractivity contribution in [2.75, 3.05) is 25.6 Å². The smallest absolute Gasteiger partial charge is 0.255 e. The maximum absolute atomic E-state index is 13.6. The van der Waals surface area contributed by atoms with Gasteiger partial charge in [-0.3, -0.25) is 4.79 Å². The Morgan fingerprint density at radius 3 is 2.32 bits per heavy atom. The standard InChI is InChI=1S/C22H23FN2O3/c1-15-4-5-16(2)25(15)19-9-6-17(7-10-19)22(26)24-20-14-18(23)8-11-21(20)28-13-12-27-3/h4-11,14H,12-13H2,1-3H3,(H,24,26). The maximum Gasteiger partial charge on any atom is 0.255 e. The normalized spacial score (nSPS) is 10.7. The van der Waals surface area contributed by atoms with Gasteiger partial charge >= 0.3 is 0 Å². The van der Waals surface area contributed by atoms with E-state index in [0.717, 1.165) is 17.1 Å². The second kappa shape index (κ2) is 8.71. The average molecular weight is 382 g/mol. The second-order valence-electron chi connectivity index (χ2n) is 6.43. The quantitative estimate of drug-likeness (QED) is 0.612. The lowest BCUT2D eigenvalue weighted by Crippen LogP contribution is -2.14. The number of methoxy groups -OCH3 is 1. The molecule has 1 N–H and O–H groups in total. The molecule has 0 radical (unpaired) electrons. The van der Waals surface area contributed by atoms with Gasteiger partial charge in [-0.2, -0.15) is 0 Å². The van der Waals surface area contributed by atoms with Crippen molar-refractivity contribution in [2.45, 2.75) is 13.8 Å². The third-order valence-corrected chi connectivity index (χ3v) is 4.39. The molecule has 0 saturated carbocycles. The topological polar surface area (TPSA) is 52.5 Å². The van der Waals surface area contributed by atoms with Crippen LogP contribution in [0.15, 0.2) is 54.6 Å². The zero-order valence-corrected chi connectivity index (χ0v) is 16.2. The minimum atomic E-state index is -0.455. The number of nitrogens with zero attached hydrogens (tertiary/aromatic N) is 1. The molecule has 146 valence electrons. The van der Waals surface area contributed by atoms with E-state index in [9.17, 15) is 9.18 Å². The Morgan fingerprint density at radius 2 is 1.68 bits per heavy atom. The summed E-state index contributed by atoms with van der Waals surface area (Å²) in [4.78, 5) is 12.6. The molecule has 0 unspecified atom stereocenters. The Bertz CT molecular complexity index is 945. The lowest BCUT2D eigenvalue weighted by atomic mass is 10.1. The molecule has 5 nitrogen and oxygen atoms in total. The minimum absolute atomic E-state index is 0.280. The van der Waals surface area contributed by atoms with E-state index in [1.54, 1.807) is 19.2 Å². The third kappa shape index (κ3) is 4.40. The summed E-state index contributed by atoms with van der Waals surface area (Å²) in [6.45, 7) is 4.76. The van der Waals surface area contributed by atoms with Crippen molar-refractivity contribution in [1.29, 1.82) is 0 Å². The molecule has 1 amide bonds. The Labute approximate surface area is 163 Å². The maximum atomic E-state index is 13.6. The van der Waals surface area contributed by atoms with Crippen LogP contribution in [0.5, 0.6) is 5.75 Å². The van der Waals surface area contributed by atoms with Crippen LogP contribution in [-0.2, 0) is 4.74 Å². The molecule has 0 aliphatic rings. The number of ether oxygens (including phenoxy) is 2. The van der Waals surface area contributed by atoms with Crippen molar-refractivity contribution in [3.05, 3.63) is 77.4 Å². The van der Waals surface area contributed by atoms with Gasteiger partial charge in [-0.25, -0.2) is 4.39 Å². The van der Waals surface area contributed by atoms with E-state index in [0.29, 0.717) is 24.5 Å². The number of aromatic nitrogens is 1. The molecule has 0 aliphatic carbocycles. The summed E-state index contributed by atoms with van der Waals surface area (Å²) in [5.41, 5.74) is 3.96. The first-order valence-corrected chi connectivity index (χ1v) is 8.97. The molecule has 1 aromatic heterocycles. The molecule has 0 spiro atoms. The van der Waals surface area contributed by atoms with Gasteiger partial charge in [-0.15, -0.1) is 0 Å². The monoisotopic (exact) mass is 382 g/mol. The lowest BCUT2D eigenvalue weighted by molar-refractivity contribution is 0.102. The van der Waals surface area contributed by atoms with Crippen molar-refractivity contribution in [3.8, 4) is 11.4 Å². The van der Waals surface area contributed by atoms with Crippen molar-refractivity contribution < 1.29 is 18.7 Å². The Kier molecular flexibility index (Phi) is 6.11. The van der Waals surface area contributed by atoms with Crippen molar-refractivity contribution in [1.82, 2.24) is 4.57 Å². The van der Waals surface area contributed by atoms with Gasteiger partial charge < -0.3 is 19.4 Å². The fourth-order valence-corrected chi connectivity index (χ4v) is 2.99. The summed E-state index contributed by atoms with van der Waals surface area (Å²) >= 11 is 0. The van der Waals surface area contributed by atoms with E-state index in [1.807, 2.05) is 38.1 Å². The van der Waals surface area contributed by atoms with E-state index in [4.69, 9.17) is 9.47 Å². The Hall–Kier alpha value is -3.12. The van der Waals surface area contributed by atoms with E-state index >= 15 is 0 Å². The van der Waals surface area contributed by atoms with Gasteiger partial charge in [-0.05, 0) is 62.4 Å². The SMILES string of the molecule is COCCOc1ccc(F)cc1NC(=O)c1ccc(-n2c(C)ccc2C)cc1. The number of anilines is 1. The summed E-state index contributed by atoms with van der Waals surface area (Å²) < 4.78 is 26.2. The zero-order valence-electron chi connectivity index (χ0n) is 16.2. The molecule has 0 aliphatic heterocycles. The Morgan fingerprint density at radius 1 is 1.00 bits per heavy atom. The van der Waals surface area contributed by atoms with Crippen LogP contribution in [0.1, 0.15) is 21.7 Å². The van der Waals surface area contributed by atoms with Crippen LogP contribution in [0, 0.1) is 19.7 Å². The van der Waals surface area contributed by atoms with E-state index in [1.165, 1.54) is 18.2 Å². The first-order chi connectivity index (χ1) is 13.5. The number of aryl methyl sites for hydroxylation is 2. The van der Waals surface area contributed by atoms with Gasteiger partial charge in [0.25, 0.3) is 5.91 Å². The van der Waals surface area contributed by atoms with Gasteiger partial charge in [0.05, 0.1) is 12.3 Å². The number of carbonyl (C=O) groups excluding carboxylic acids is 1. The van der Waals surface area contributed by atoms with Crippen molar-refractivity contribution in [2.24, 2.45) is 0 Å². The summed E-state index contributed by atoms with van der Waals surface area (Å²) in [6, 6.07) is 15.4. The largest absolute Gasteiger partial charge is 0.489 e. The second-order valence-corrected chi connectivity index (χ2v) is 6.43. The number of benzene rings is 2. The summed E-state index contributed by atoms with van der Waals surface area (Å²) in [7, 11) is 1.57. The number of rotatable bonds is 7. The van der Waals surface area contributed by atoms with Crippen LogP contribution >= 0.6 is 0 Å². The van der Waals surface area contributed by atoms with Crippen LogP contribution in [0.4, 0.5) is 10.1 Å². The predicted octanol–water partition coefficient (Wildman–Crippen LogP) is 4.51. The van der Waals surface area contributed by atoms with Gasteiger partial charge in [-0.1, -0.05) is 0 Å². The minimum Gasteiger partial charge on any atom is -0.489 e. The zero-order chi connectivity index (χ0) is 20.1. The van der Waals surface area contributed by atoms with Gasteiger partial charge in [0, 0.05) is 35.8 Å². The number of amides is 1. The fraction of sp³-hybridized carbons (Fsp3) is 0.227. The van der Waals surface area contributed by atoms with Crippen LogP contribution in [-0.4, -0.2) is 30.8 Å². The summed E-state index contributed by atoms with van der Waals surface area (Å²) in [5, 5.41) is 2.72. The average Bonchev–Trinajstić information content (AvgIpc) is 3.02. The molecule has 0 atom stereocenters. The molecular formula is C22H23FN2O3. The summed E-state index contributed by atoms with van der Waals surface area (Å²) in [6.07, 6.45) is 0. The van der Waals surface area contributed by atoms with E-state index < -0.39 is 5.82 Å². The first-order valence-electron chi connectivity index (χ1n) is 8.97. The molecular weight excluding hydrogens is 359 g/mol. The van der Waals surface area contributed by atoms with Crippen LogP contribution in [0.25, 0.3) is 5.69 Å². The molecule has 3 aromatic rings. The van der Waals surface area contributed by atoms with Crippen molar-refractivity contribution >= 4 is 11.6 Å². The fourth-order valence-electron chi connectivity index (χ4n) is 2.99. The highest BCUT2D eigenvalue weighted by Gasteiger charge is 2.12. The molecule has 1 heterocycles. The molecule has 0 fully saturated rings. The molecule has 2 aromatic carbocycles. The molecule has 0 saturated heterocycles. The molecule has 6 heteroatoms. The highest BCUT2D eigenvalue weighted by molar-refractivity contribution is 6.05. The van der Waals surface area contributed by atoms with Crippen LogP contribution in [0.2, 0.25) is 0 Å². The Balaban J connectivity index is 1.77. The highest BCUT2D eigenvalue weighted by Crippen LogP contribution is 2.26. The number of halogens is 1. The number of hydrogen-bond acceptors (Lipinski definition) is 3. The predicted molar refractivity (Wildman–Crippen MR) is 107 cm³/mol. The van der Waals surface area contributed by atoms with Crippen LogP contribution in [0.3, 0.4) is 0 Å². The molecule has 3 rings (SSSR count). The summed E-state index contributed by atoms with van der Waals surface area (Å²) in [5.74, 6) is -0.403. The van der Waals surface area contributed by atoms with Gasteiger partial charge in [0.2, 0.25) is 0 Å². The van der Waals surface area contributed by atoms with E-state index in [-0.39, 0.29) is 11.6 Å². The first kappa shape index (κ1) is 19.6. The molecule has 28 heavy (non-hydrogen) atoms. The highest BCUT2D eigenvalue weighted by atomic mass is 19.1. The number of carbonyl (C=O) groups is 1. The number of hydrogen-bond donors (Lipinski definition) is 1. The van der Waals surface area contributed by atoms with Crippen molar-refractivity contribution in [3.63, 3.8) is 0 Å². The van der Waals surface area contributed by atoms with E-state index in [2.05, 4.69) is 9.88 Å². The van der Waals surface area contributed by atoms with Gasteiger partial charge in [0.15, 0.2) is 0 Å². The van der Waals surface area contributed by atoms with Crippen LogP contribution < -0.4 is 10.1 Å². The third-order valence-electron chi connectivity index (χ3n) is 4.39. The lowest BCUT2D eigenvalue weighted by Gasteiger charge is -2.13. The molecule has 0 bridgehead atoms.